The third kappa shape index (κ3) is 5.84. The number of ether oxygens (including phenoxy) is 1. The lowest BCUT2D eigenvalue weighted by molar-refractivity contribution is 0.0610. The molecule has 2 atom stereocenters. The van der Waals surface area contributed by atoms with E-state index in [-0.39, 0.29) is 0 Å². The summed E-state index contributed by atoms with van der Waals surface area (Å²) in [5.74, 6) is 0.772. The largest absolute Gasteiger partial charge is 0.380 e. The van der Waals surface area contributed by atoms with Crippen molar-refractivity contribution in [3.8, 4) is 0 Å². The Balaban J connectivity index is 2.33. The molecule has 1 N–H and O–H groups in total. The summed E-state index contributed by atoms with van der Waals surface area (Å²) >= 11 is 0. The minimum absolute atomic E-state index is 0.615. The fraction of sp³-hybridized carbons (Fsp3) is 1.00. The van der Waals surface area contributed by atoms with Gasteiger partial charge in [0.25, 0.3) is 0 Å². The highest BCUT2D eigenvalue weighted by Gasteiger charge is 2.25. The van der Waals surface area contributed by atoms with Crippen LogP contribution in [0.3, 0.4) is 0 Å². The number of piperazine rings is 1. The molecule has 0 amide bonds. The van der Waals surface area contributed by atoms with Gasteiger partial charge in [0.1, 0.15) is 0 Å². The summed E-state index contributed by atoms with van der Waals surface area (Å²) in [7, 11) is 0. The molecular weight excluding hydrogens is 212 g/mol. The van der Waals surface area contributed by atoms with Gasteiger partial charge in [-0.05, 0) is 25.7 Å². The van der Waals surface area contributed by atoms with Crippen LogP contribution < -0.4 is 5.32 Å². The average Bonchev–Trinajstić information content (AvgIpc) is 2.27. The SMILES string of the molecule is CCCOCCN1CC(C)NCC1CC(C)C. The molecule has 0 spiro atoms. The average molecular weight is 242 g/mol. The van der Waals surface area contributed by atoms with Crippen LogP contribution in [0.15, 0.2) is 0 Å². The van der Waals surface area contributed by atoms with E-state index in [2.05, 4.69) is 37.9 Å². The van der Waals surface area contributed by atoms with Crippen LogP contribution >= 0.6 is 0 Å². The van der Waals surface area contributed by atoms with E-state index in [1.165, 1.54) is 6.42 Å². The van der Waals surface area contributed by atoms with E-state index >= 15 is 0 Å². The molecule has 2 unspecified atom stereocenters. The molecule has 17 heavy (non-hydrogen) atoms. The second-order valence-corrected chi connectivity index (χ2v) is 5.70. The molecule has 0 radical (unpaired) electrons. The minimum Gasteiger partial charge on any atom is -0.380 e. The molecule has 0 bridgehead atoms. The van der Waals surface area contributed by atoms with Gasteiger partial charge in [0, 0.05) is 38.3 Å². The number of rotatable bonds is 7. The summed E-state index contributed by atoms with van der Waals surface area (Å²) in [4.78, 5) is 2.61. The third-order valence-corrected chi connectivity index (χ3v) is 3.34. The van der Waals surface area contributed by atoms with Crippen molar-refractivity contribution in [2.45, 2.75) is 52.6 Å². The van der Waals surface area contributed by atoms with Crippen molar-refractivity contribution >= 4 is 0 Å². The maximum Gasteiger partial charge on any atom is 0.0593 e. The lowest BCUT2D eigenvalue weighted by Crippen LogP contribution is -2.56. The Labute approximate surface area is 107 Å². The van der Waals surface area contributed by atoms with Gasteiger partial charge in [-0.15, -0.1) is 0 Å². The van der Waals surface area contributed by atoms with Crippen LogP contribution in [-0.2, 0) is 4.74 Å². The zero-order valence-corrected chi connectivity index (χ0v) is 12.0. The van der Waals surface area contributed by atoms with Crippen LogP contribution in [0.2, 0.25) is 0 Å². The Morgan fingerprint density at radius 2 is 2.12 bits per heavy atom. The summed E-state index contributed by atoms with van der Waals surface area (Å²) in [5, 5.41) is 3.59. The molecule has 3 nitrogen and oxygen atoms in total. The molecule has 1 saturated heterocycles. The molecule has 0 aromatic rings. The molecule has 1 rings (SSSR count). The summed E-state index contributed by atoms with van der Waals surface area (Å²) < 4.78 is 5.61. The van der Waals surface area contributed by atoms with Crippen LogP contribution in [0, 0.1) is 5.92 Å². The van der Waals surface area contributed by atoms with Gasteiger partial charge in [-0.3, -0.25) is 4.90 Å². The molecule has 0 aromatic carbocycles. The van der Waals surface area contributed by atoms with Gasteiger partial charge in [0.15, 0.2) is 0 Å². The first-order chi connectivity index (χ1) is 8.13. The molecule has 102 valence electrons. The normalized spacial score (nSPS) is 26.6. The lowest BCUT2D eigenvalue weighted by atomic mass is 9.99. The predicted molar refractivity (Wildman–Crippen MR) is 73.4 cm³/mol. The third-order valence-electron chi connectivity index (χ3n) is 3.34. The van der Waals surface area contributed by atoms with Crippen molar-refractivity contribution < 1.29 is 4.74 Å². The van der Waals surface area contributed by atoms with Crippen molar-refractivity contribution in [3.05, 3.63) is 0 Å². The minimum atomic E-state index is 0.615. The quantitative estimate of drug-likeness (QED) is 0.692. The second kappa shape index (κ2) is 8.06. The van der Waals surface area contributed by atoms with Gasteiger partial charge in [-0.2, -0.15) is 0 Å². The van der Waals surface area contributed by atoms with Crippen LogP contribution in [0.1, 0.15) is 40.5 Å². The van der Waals surface area contributed by atoms with E-state index in [9.17, 15) is 0 Å². The predicted octanol–water partition coefficient (Wildman–Crippen LogP) is 2.12. The Kier molecular flexibility index (Phi) is 7.09. The first kappa shape index (κ1) is 14.9. The Bertz CT molecular complexity index is 197. The van der Waals surface area contributed by atoms with Crippen LogP contribution in [0.5, 0.6) is 0 Å². The smallest absolute Gasteiger partial charge is 0.0593 e. The summed E-state index contributed by atoms with van der Waals surface area (Å²) in [6.45, 7) is 14.2. The van der Waals surface area contributed by atoms with Crippen LogP contribution in [0.4, 0.5) is 0 Å². The van der Waals surface area contributed by atoms with Gasteiger partial charge in [-0.25, -0.2) is 0 Å². The topological polar surface area (TPSA) is 24.5 Å². The standard InChI is InChI=1S/C14H30N2O/c1-5-7-17-8-6-16-11-13(4)15-10-14(16)9-12(2)3/h12-15H,5-11H2,1-4H3. The molecule has 3 heteroatoms. The van der Waals surface area contributed by atoms with E-state index in [0.717, 1.165) is 45.2 Å². The molecule has 0 aliphatic carbocycles. The number of hydrogen-bond acceptors (Lipinski definition) is 3. The number of nitrogens with zero attached hydrogens (tertiary/aromatic N) is 1. The Morgan fingerprint density at radius 3 is 2.76 bits per heavy atom. The van der Waals surface area contributed by atoms with Gasteiger partial charge in [0.05, 0.1) is 6.61 Å². The van der Waals surface area contributed by atoms with E-state index in [4.69, 9.17) is 4.74 Å². The highest BCUT2D eigenvalue weighted by Crippen LogP contribution is 2.15. The Hall–Kier alpha value is -0.120. The van der Waals surface area contributed by atoms with Crippen molar-refractivity contribution in [1.82, 2.24) is 10.2 Å². The lowest BCUT2D eigenvalue weighted by Gasteiger charge is -2.40. The molecule has 1 aliphatic rings. The highest BCUT2D eigenvalue weighted by molar-refractivity contribution is 4.84. The number of hydrogen-bond donors (Lipinski definition) is 1. The van der Waals surface area contributed by atoms with E-state index < -0.39 is 0 Å². The molecule has 0 saturated carbocycles. The van der Waals surface area contributed by atoms with Crippen molar-refractivity contribution in [3.63, 3.8) is 0 Å². The number of nitrogens with one attached hydrogen (secondary N) is 1. The van der Waals surface area contributed by atoms with E-state index in [1.54, 1.807) is 0 Å². The monoisotopic (exact) mass is 242 g/mol. The van der Waals surface area contributed by atoms with E-state index in [0.29, 0.717) is 12.1 Å². The fourth-order valence-electron chi connectivity index (χ4n) is 2.51. The van der Waals surface area contributed by atoms with Crippen LogP contribution in [-0.4, -0.2) is 49.8 Å². The first-order valence-corrected chi connectivity index (χ1v) is 7.18. The van der Waals surface area contributed by atoms with Crippen molar-refractivity contribution in [1.29, 1.82) is 0 Å². The summed E-state index contributed by atoms with van der Waals surface area (Å²) in [6.07, 6.45) is 2.40. The van der Waals surface area contributed by atoms with Crippen molar-refractivity contribution in [2.24, 2.45) is 5.92 Å². The second-order valence-electron chi connectivity index (χ2n) is 5.70. The summed E-state index contributed by atoms with van der Waals surface area (Å²) in [5.41, 5.74) is 0. The molecule has 1 fully saturated rings. The molecule has 1 heterocycles. The maximum absolute atomic E-state index is 5.61. The van der Waals surface area contributed by atoms with Gasteiger partial charge in [0.2, 0.25) is 0 Å². The zero-order chi connectivity index (χ0) is 12.7. The fourth-order valence-corrected chi connectivity index (χ4v) is 2.51. The molecule has 1 aliphatic heterocycles. The maximum atomic E-state index is 5.61. The van der Waals surface area contributed by atoms with E-state index in [1.807, 2.05) is 0 Å². The zero-order valence-electron chi connectivity index (χ0n) is 12.0. The van der Waals surface area contributed by atoms with Gasteiger partial charge in [-0.1, -0.05) is 20.8 Å². The molecule has 0 aromatic heterocycles. The first-order valence-electron chi connectivity index (χ1n) is 7.18. The Morgan fingerprint density at radius 1 is 1.35 bits per heavy atom. The summed E-state index contributed by atoms with van der Waals surface area (Å²) in [6, 6.07) is 1.31. The van der Waals surface area contributed by atoms with Gasteiger partial charge >= 0.3 is 0 Å². The highest BCUT2D eigenvalue weighted by atomic mass is 16.5. The molecular formula is C14H30N2O. The van der Waals surface area contributed by atoms with Gasteiger partial charge < -0.3 is 10.1 Å². The van der Waals surface area contributed by atoms with Crippen LogP contribution in [0.25, 0.3) is 0 Å². The van der Waals surface area contributed by atoms with Crippen molar-refractivity contribution in [2.75, 3.05) is 32.8 Å².